The summed E-state index contributed by atoms with van der Waals surface area (Å²) in [7, 11) is 0. The number of carbonyl (C=O) groups excluding carboxylic acids is 1. The normalized spacial score (nSPS) is 32.8. The summed E-state index contributed by atoms with van der Waals surface area (Å²) in [5.41, 5.74) is 0. The lowest BCUT2D eigenvalue weighted by Crippen LogP contribution is -2.41. The van der Waals surface area contributed by atoms with Gasteiger partial charge in [-0.25, -0.2) is 0 Å². The minimum absolute atomic E-state index is 0.0964. The fourth-order valence-corrected chi connectivity index (χ4v) is 3.12. The Labute approximate surface area is 104 Å². The first-order chi connectivity index (χ1) is 8.21. The van der Waals surface area contributed by atoms with Crippen molar-refractivity contribution in [1.29, 1.82) is 0 Å². The average Bonchev–Trinajstić information content (AvgIpc) is 2.65. The predicted octanol–water partition coefficient (Wildman–Crippen LogP) is 1.44. The van der Waals surface area contributed by atoms with Gasteiger partial charge in [-0.3, -0.25) is 4.79 Å². The lowest BCUT2D eigenvalue weighted by atomic mass is 9.89. The van der Waals surface area contributed by atoms with Gasteiger partial charge in [0.05, 0.1) is 6.04 Å². The van der Waals surface area contributed by atoms with E-state index in [0.29, 0.717) is 24.4 Å². The molecule has 2 aliphatic rings. The highest BCUT2D eigenvalue weighted by Crippen LogP contribution is 2.32. The maximum absolute atomic E-state index is 11.8. The molecule has 3 nitrogen and oxygen atoms in total. The Morgan fingerprint density at radius 2 is 2.12 bits per heavy atom. The molecule has 2 heterocycles. The second-order valence-corrected chi connectivity index (χ2v) is 5.37. The monoisotopic (exact) mass is 234 g/mol. The van der Waals surface area contributed by atoms with Crippen LogP contribution >= 0.6 is 0 Å². The number of hydrogen-bond donors (Lipinski definition) is 2. The summed E-state index contributed by atoms with van der Waals surface area (Å²) in [5, 5.41) is 6.51. The molecule has 2 fully saturated rings. The average molecular weight is 234 g/mol. The zero-order valence-corrected chi connectivity index (χ0v) is 10.5. The lowest BCUT2D eigenvalue weighted by molar-refractivity contribution is -0.122. The van der Waals surface area contributed by atoms with Gasteiger partial charge in [-0.1, -0.05) is 12.8 Å². The highest BCUT2D eigenvalue weighted by molar-refractivity contribution is 5.76. The van der Waals surface area contributed by atoms with Crippen LogP contribution in [-0.2, 0) is 4.79 Å². The second-order valence-electron chi connectivity index (χ2n) is 5.37. The highest BCUT2D eigenvalue weighted by Gasteiger charge is 2.34. The van der Waals surface area contributed by atoms with E-state index in [4.69, 9.17) is 6.42 Å². The van der Waals surface area contributed by atoms with Crippen molar-refractivity contribution >= 4 is 5.91 Å². The summed E-state index contributed by atoms with van der Waals surface area (Å²) in [6.07, 6.45) is 11.7. The molecular weight excluding hydrogens is 212 g/mol. The zero-order chi connectivity index (χ0) is 12.3. The van der Waals surface area contributed by atoms with Crippen molar-refractivity contribution in [3.05, 3.63) is 0 Å². The summed E-state index contributed by atoms with van der Waals surface area (Å²) in [4.78, 5) is 11.8. The number of piperidine rings is 1. The van der Waals surface area contributed by atoms with E-state index in [0.717, 1.165) is 19.3 Å². The van der Waals surface area contributed by atoms with E-state index in [1.807, 2.05) is 6.92 Å². The van der Waals surface area contributed by atoms with Crippen LogP contribution in [-0.4, -0.2) is 24.0 Å². The van der Waals surface area contributed by atoms with Crippen molar-refractivity contribution in [2.45, 2.75) is 63.6 Å². The van der Waals surface area contributed by atoms with Crippen molar-refractivity contribution in [3.8, 4) is 12.3 Å². The number of amides is 1. The van der Waals surface area contributed by atoms with Crippen LogP contribution in [0.5, 0.6) is 0 Å². The predicted molar refractivity (Wildman–Crippen MR) is 68.3 cm³/mol. The van der Waals surface area contributed by atoms with Crippen LogP contribution in [0.3, 0.4) is 0 Å². The number of nitrogens with one attached hydrogen (secondary N) is 2. The van der Waals surface area contributed by atoms with Crippen LogP contribution < -0.4 is 10.6 Å². The quantitative estimate of drug-likeness (QED) is 0.723. The molecule has 1 amide bonds. The molecule has 0 aromatic rings. The minimum Gasteiger partial charge on any atom is -0.342 e. The molecule has 94 valence electrons. The van der Waals surface area contributed by atoms with Gasteiger partial charge in [0, 0.05) is 18.5 Å². The standard InChI is InChI=1S/C14H22N2O/c1-3-11(4-2)16-14(17)9-10-7-12-5-6-13(8-10)15-12/h1,10-13,15H,4-9H2,2H3,(H,16,17). The maximum atomic E-state index is 11.8. The lowest BCUT2D eigenvalue weighted by Gasteiger charge is -2.28. The first-order valence-electron chi connectivity index (χ1n) is 6.72. The summed E-state index contributed by atoms with van der Waals surface area (Å²) in [6.45, 7) is 2.00. The molecule has 0 aliphatic carbocycles. The third-order valence-electron chi connectivity index (χ3n) is 3.99. The Hall–Kier alpha value is -1.01. The van der Waals surface area contributed by atoms with Crippen molar-refractivity contribution in [1.82, 2.24) is 10.6 Å². The fraction of sp³-hybridized carbons (Fsp3) is 0.786. The molecule has 3 unspecified atom stereocenters. The smallest absolute Gasteiger partial charge is 0.221 e. The first kappa shape index (κ1) is 12.4. The van der Waals surface area contributed by atoms with Crippen LogP contribution in [0.1, 0.15) is 45.4 Å². The SMILES string of the molecule is C#CC(CC)NC(=O)CC1CC2CCC(C1)N2. The second kappa shape index (κ2) is 5.55. The summed E-state index contributed by atoms with van der Waals surface area (Å²) in [6, 6.07) is 1.21. The van der Waals surface area contributed by atoms with E-state index >= 15 is 0 Å². The summed E-state index contributed by atoms with van der Waals surface area (Å²) >= 11 is 0. The van der Waals surface area contributed by atoms with E-state index in [1.165, 1.54) is 12.8 Å². The van der Waals surface area contributed by atoms with Gasteiger partial charge in [0.15, 0.2) is 0 Å². The largest absolute Gasteiger partial charge is 0.342 e. The Morgan fingerprint density at radius 3 is 2.65 bits per heavy atom. The molecule has 2 rings (SSSR count). The molecular formula is C14H22N2O. The summed E-state index contributed by atoms with van der Waals surface area (Å²) < 4.78 is 0. The van der Waals surface area contributed by atoms with Gasteiger partial charge in [0.1, 0.15) is 0 Å². The van der Waals surface area contributed by atoms with Crippen molar-refractivity contribution < 1.29 is 4.79 Å². The molecule has 0 aromatic heterocycles. The molecule has 2 saturated heterocycles. The Balaban J connectivity index is 1.77. The minimum atomic E-state index is -0.0964. The number of terminal acetylenes is 1. The number of hydrogen-bond acceptors (Lipinski definition) is 2. The Bertz CT molecular complexity index is 309. The summed E-state index contributed by atoms with van der Waals surface area (Å²) in [5.74, 6) is 3.28. The molecule has 2 bridgehead atoms. The molecule has 17 heavy (non-hydrogen) atoms. The van der Waals surface area contributed by atoms with Crippen molar-refractivity contribution in [2.24, 2.45) is 5.92 Å². The topological polar surface area (TPSA) is 41.1 Å². The van der Waals surface area contributed by atoms with E-state index in [1.54, 1.807) is 0 Å². The van der Waals surface area contributed by atoms with Crippen LogP contribution in [0, 0.1) is 18.3 Å². The molecule has 0 aromatic carbocycles. The molecule has 0 saturated carbocycles. The van der Waals surface area contributed by atoms with Crippen LogP contribution in [0.2, 0.25) is 0 Å². The molecule has 0 spiro atoms. The van der Waals surface area contributed by atoms with E-state index in [9.17, 15) is 4.79 Å². The van der Waals surface area contributed by atoms with Gasteiger partial charge < -0.3 is 10.6 Å². The fourth-order valence-electron chi connectivity index (χ4n) is 3.12. The van der Waals surface area contributed by atoms with Crippen LogP contribution in [0.4, 0.5) is 0 Å². The van der Waals surface area contributed by atoms with Crippen LogP contribution in [0.25, 0.3) is 0 Å². The molecule has 2 N–H and O–H groups in total. The molecule has 3 heteroatoms. The van der Waals surface area contributed by atoms with Gasteiger partial charge in [-0.15, -0.1) is 6.42 Å². The molecule has 3 atom stereocenters. The number of fused-ring (bicyclic) bond motifs is 2. The number of carbonyl (C=O) groups is 1. The third-order valence-corrected chi connectivity index (χ3v) is 3.99. The Kier molecular flexibility index (Phi) is 4.06. The van der Waals surface area contributed by atoms with Gasteiger partial charge in [0.2, 0.25) is 5.91 Å². The maximum Gasteiger partial charge on any atom is 0.221 e. The highest BCUT2D eigenvalue weighted by atomic mass is 16.1. The van der Waals surface area contributed by atoms with Gasteiger partial charge >= 0.3 is 0 Å². The van der Waals surface area contributed by atoms with E-state index in [-0.39, 0.29) is 11.9 Å². The van der Waals surface area contributed by atoms with Gasteiger partial charge in [-0.2, -0.15) is 0 Å². The zero-order valence-electron chi connectivity index (χ0n) is 10.5. The molecule has 2 aliphatic heterocycles. The first-order valence-corrected chi connectivity index (χ1v) is 6.72. The van der Waals surface area contributed by atoms with E-state index in [2.05, 4.69) is 16.6 Å². The van der Waals surface area contributed by atoms with E-state index < -0.39 is 0 Å². The third kappa shape index (κ3) is 3.23. The van der Waals surface area contributed by atoms with Crippen molar-refractivity contribution in [3.63, 3.8) is 0 Å². The Morgan fingerprint density at radius 1 is 1.47 bits per heavy atom. The van der Waals surface area contributed by atoms with Gasteiger partial charge in [-0.05, 0) is 38.0 Å². The van der Waals surface area contributed by atoms with Crippen LogP contribution in [0.15, 0.2) is 0 Å². The van der Waals surface area contributed by atoms with Crippen molar-refractivity contribution in [2.75, 3.05) is 0 Å². The van der Waals surface area contributed by atoms with Gasteiger partial charge in [0.25, 0.3) is 0 Å². The number of rotatable bonds is 4. The molecule has 0 radical (unpaired) electrons.